The summed E-state index contributed by atoms with van der Waals surface area (Å²) in [6.45, 7) is 2.52. The fourth-order valence-corrected chi connectivity index (χ4v) is 2.44. The molecule has 0 radical (unpaired) electrons. The Bertz CT molecular complexity index is 724. The molecule has 2 aromatic heterocycles. The number of nitrogens with one attached hydrogen (secondary N) is 1. The maximum Gasteiger partial charge on any atom is 0.228 e. The predicted octanol–water partition coefficient (Wildman–Crippen LogP) is 3.20. The second kappa shape index (κ2) is 6.19. The van der Waals surface area contributed by atoms with Crippen molar-refractivity contribution in [2.75, 3.05) is 11.9 Å². The molecule has 1 aromatic carbocycles. The summed E-state index contributed by atoms with van der Waals surface area (Å²) in [6.07, 6.45) is 0.624. The van der Waals surface area contributed by atoms with Gasteiger partial charge in [0.1, 0.15) is 5.82 Å². The number of aryl methyl sites for hydroxylation is 1. The van der Waals surface area contributed by atoms with Gasteiger partial charge >= 0.3 is 0 Å². The quantitative estimate of drug-likeness (QED) is 0.777. The monoisotopic (exact) mass is 321 g/mol. The van der Waals surface area contributed by atoms with Crippen LogP contribution >= 0.6 is 23.1 Å². The first-order valence-electron chi connectivity index (χ1n) is 6.33. The topological polar surface area (TPSA) is 76.7 Å². The number of aromatic nitrogens is 4. The molecule has 0 aliphatic carbocycles. The zero-order chi connectivity index (χ0) is 14.7. The van der Waals surface area contributed by atoms with E-state index in [1.807, 2.05) is 19.1 Å². The lowest BCUT2D eigenvalue weighted by Gasteiger charge is -1.97. The third-order valence-corrected chi connectivity index (χ3v) is 3.73. The summed E-state index contributed by atoms with van der Waals surface area (Å²) in [5.74, 6) is 1.91. The maximum absolute atomic E-state index is 5.85. The summed E-state index contributed by atoms with van der Waals surface area (Å²) in [5, 5.41) is 8.61. The fraction of sp³-hybridized carbons (Fsp3) is 0.231. The first kappa shape index (κ1) is 14.0. The molecule has 0 amide bonds. The largest absolute Gasteiger partial charge is 0.360 e. The van der Waals surface area contributed by atoms with Crippen LogP contribution in [0.25, 0.3) is 11.4 Å². The molecule has 0 atom stereocenters. The van der Waals surface area contributed by atoms with Gasteiger partial charge in [0.15, 0.2) is 0 Å². The van der Waals surface area contributed by atoms with Crippen molar-refractivity contribution >= 4 is 28.3 Å². The predicted molar refractivity (Wildman–Crippen MR) is 81.6 cm³/mol. The van der Waals surface area contributed by atoms with Crippen LogP contribution < -0.4 is 5.32 Å². The van der Waals surface area contributed by atoms with Crippen molar-refractivity contribution in [3.63, 3.8) is 0 Å². The van der Waals surface area contributed by atoms with Gasteiger partial charge in [0.05, 0.1) is 0 Å². The standard InChI is InChI=1S/C13H12ClN5OS/c1-8-16-13(21-19-8)15-7-6-11-17-12(18-20-11)9-2-4-10(14)5-3-9/h2-5H,6-7H2,1H3,(H,15,16,19). The summed E-state index contributed by atoms with van der Waals surface area (Å²) in [5.41, 5.74) is 0.877. The number of nitrogens with zero attached hydrogens (tertiary/aromatic N) is 4. The molecular weight excluding hydrogens is 310 g/mol. The van der Waals surface area contributed by atoms with Gasteiger partial charge in [0.25, 0.3) is 0 Å². The highest BCUT2D eigenvalue weighted by atomic mass is 35.5. The number of hydrogen-bond acceptors (Lipinski definition) is 7. The highest BCUT2D eigenvalue weighted by Gasteiger charge is 2.08. The third kappa shape index (κ3) is 3.56. The summed E-state index contributed by atoms with van der Waals surface area (Å²) in [4.78, 5) is 8.57. The molecule has 108 valence electrons. The van der Waals surface area contributed by atoms with Gasteiger partial charge in [-0.05, 0) is 31.2 Å². The van der Waals surface area contributed by atoms with Gasteiger partial charge in [-0.3, -0.25) is 0 Å². The molecule has 0 bridgehead atoms. The fourth-order valence-electron chi connectivity index (χ4n) is 1.72. The molecule has 0 saturated heterocycles. The van der Waals surface area contributed by atoms with Crippen molar-refractivity contribution in [1.29, 1.82) is 0 Å². The molecule has 0 saturated carbocycles. The molecule has 3 aromatic rings. The average Bonchev–Trinajstić information content (AvgIpc) is 3.09. The van der Waals surface area contributed by atoms with Crippen molar-refractivity contribution in [3.8, 4) is 11.4 Å². The zero-order valence-corrected chi connectivity index (χ0v) is 12.8. The molecule has 1 N–H and O–H groups in total. The van der Waals surface area contributed by atoms with E-state index in [2.05, 4.69) is 24.8 Å². The molecular formula is C13H12ClN5OS. The van der Waals surface area contributed by atoms with Crippen LogP contribution in [0.1, 0.15) is 11.7 Å². The van der Waals surface area contributed by atoms with Gasteiger partial charge in [0.2, 0.25) is 16.8 Å². The maximum atomic E-state index is 5.85. The van der Waals surface area contributed by atoms with Gasteiger partial charge in [-0.2, -0.15) is 9.36 Å². The van der Waals surface area contributed by atoms with Crippen molar-refractivity contribution < 1.29 is 4.52 Å². The van der Waals surface area contributed by atoms with E-state index in [4.69, 9.17) is 16.1 Å². The first-order valence-corrected chi connectivity index (χ1v) is 7.48. The number of rotatable bonds is 5. The Hall–Kier alpha value is -1.99. The van der Waals surface area contributed by atoms with Crippen molar-refractivity contribution in [2.45, 2.75) is 13.3 Å². The third-order valence-electron chi connectivity index (χ3n) is 2.71. The van der Waals surface area contributed by atoms with E-state index < -0.39 is 0 Å². The van der Waals surface area contributed by atoms with Crippen LogP contribution in [0.4, 0.5) is 5.13 Å². The normalized spacial score (nSPS) is 10.8. The van der Waals surface area contributed by atoms with Crippen LogP contribution in [0.15, 0.2) is 28.8 Å². The Morgan fingerprint density at radius 2 is 2.05 bits per heavy atom. The lowest BCUT2D eigenvalue weighted by atomic mass is 10.2. The van der Waals surface area contributed by atoms with Crippen molar-refractivity contribution in [1.82, 2.24) is 19.5 Å². The number of halogens is 1. The molecule has 0 aliphatic heterocycles. The molecule has 0 unspecified atom stereocenters. The lowest BCUT2D eigenvalue weighted by Crippen LogP contribution is -2.04. The van der Waals surface area contributed by atoms with E-state index in [9.17, 15) is 0 Å². The second-order valence-corrected chi connectivity index (χ2v) is 5.53. The zero-order valence-electron chi connectivity index (χ0n) is 11.2. The minimum Gasteiger partial charge on any atom is -0.360 e. The van der Waals surface area contributed by atoms with Crippen molar-refractivity contribution in [3.05, 3.63) is 41.0 Å². The number of anilines is 1. The van der Waals surface area contributed by atoms with E-state index >= 15 is 0 Å². The second-order valence-electron chi connectivity index (χ2n) is 4.34. The molecule has 0 fully saturated rings. The Kier molecular flexibility index (Phi) is 4.12. The molecule has 2 heterocycles. The van der Waals surface area contributed by atoms with Crippen LogP contribution in [0, 0.1) is 6.92 Å². The first-order chi connectivity index (χ1) is 10.2. The Balaban J connectivity index is 1.59. The Morgan fingerprint density at radius 1 is 1.24 bits per heavy atom. The Morgan fingerprint density at radius 3 is 2.76 bits per heavy atom. The summed E-state index contributed by atoms with van der Waals surface area (Å²) in [6, 6.07) is 7.32. The molecule has 3 rings (SSSR count). The highest BCUT2D eigenvalue weighted by molar-refractivity contribution is 7.09. The minimum absolute atomic E-state index is 0.563. The van der Waals surface area contributed by atoms with E-state index in [1.165, 1.54) is 11.5 Å². The van der Waals surface area contributed by atoms with Gasteiger partial charge in [-0.1, -0.05) is 16.8 Å². The minimum atomic E-state index is 0.563. The summed E-state index contributed by atoms with van der Waals surface area (Å²) >= 11 is 7.19. The highest BCUT2D eigenvalue weighted by Crippen LogP contribution is 2.18. The molecule has 8 heteroatoms. The molecule has 0 aliphatic rings. The van der Waals surface area contributed by atoms with Gasteiger partial charge in [0, 0.05) is 35.1 Å². The van der Waals surface area contributed by atoms with Crippen LogP contribution in [-0.4, -0.2) is 26.0 Å². The smallest absolute Gasteiger partial charge is 0.228 e. The van der Waals surface area contributed by atoms with Gasteiger partial charge in [-0.15, -0.1) is 0 Å². The number of benzene rings is 1. The SMILES string of the molecule is Cc1nsc(NCCc2nc(-c3ccc(Cl)cc3)no2)n1. The molecule has 0 spiro atoms. The van der Waals surface area contributed by atoms with Crippen LogP contribution in [0.3, 0.4) is 0 Å². The van der Waals surface area contributed by atoms with E-state index in [0.717, 1.165) is 16.5 Å². The molecule has 21 heavy (non-hydrogen) atoms. The van der Waals surface area contributed by atoms with E-state index in [1.54, 1.807) is 12.1 Å². The van der Waals surface area contributed by atoms with E-state index in [-0.39, 0.29) is 0 Å². The summed E-state index contributed by atoms with van der Waals surface area (Å²) < 4.78 is 9.32. The number of hydrogen-bond donors (Lipinski definition) is 1. The van der Waals surface area contributed by atoms with E-state index in [0.29, 0.717) is 29.7 Å². The average molecular weight is 322 g/mol. The van der Waals surface area contributed by atoms with Gasteiger partial charge < -0.3 is 9.84 Å². The van der Waals surface area contributed by atoms with Crippen molar-refractivity contribution in [2.24, 2.45) is 0 Å². The van der Waals surface area contributed by atoms with Gasteiger partial charge in [-0.25, -0.2) is 4.98 Å². The Labute approximate surface area is 130 Å². The van der Waals surface area contributed by atoms with Crippen LogP contribution in [0.5, 0.6) is 0 Å². The van der Waals surface area contributed by atoms with Crippen LogP contribution in [-0.2, 0) is 6.42 Å². The lowest BCUT2D eigenvalue weighted by molar-refractivity contribution is 0.381. The summed E-state index contributed by atoms with van der Waals surface area (Å²) in [7, 11) is 0. The molecule has 6 nitrogen and oxygen atoms in total. The van der Waals surface area contributed by atoms with Crippen LogP contribution in [0.2, 0.25) is 5.02 Å².